The van der Waals surface area contributed by atoms with Gasteiger partial charge in [0.15, 0.2) is 0 Å². The molecule has 0 aromatic heterocycles. The second kappa shape index (κ2) is 5.75. The van der Waals surface area contributed by atoms with Crippen molar-refractivity contribution in [1.82, 2.24) is 0 Å². The molecule has 1 atom stereocenters. The molecule has 0 bridgehead atoms. The molecule has 0 heterocycles. The predicted molar refractivity (Wildman–Crippen MR) is 79.4 cm³/mol. The van der Waals surface area contributed by atoms with E-state index in [9.17, 15) is 0 Å². The lowest BCUT2D eigenvalue weighted by Gasteiger charge is -2.15. The van der Waals surface area contributed by atoms with Crippen LogP contribution in [0.15, 0.2) is 42.5 Å². The maximum atomic E-state index is 6.09. The van der Waals surface area contributed by atoms with Crippen molar-refractivity contribution in [3.8, 4) is 11.1 Å². The first-order valence-corrected chi connectivity index (χ1v) is 6.63. The molecule has 0 aliphatic carbocycles. The van der Waals surface area contributed by atoms with Crippen molar-refractivity contribution < 1.29 is 0 Å². The van der Waals surface area contributed by atoms with E-state index in [-0.39, 0.29) is 0 Å². The van der Waals surface area contributed by atoms with Gasteiger partial charge in [-0.2, -0.15) is 0 Å². The Labute approximate surface area is 118 Å². The summed E-state index contributed by atoms with van der Waals surface area (Å²) in [6.45, 7) is 2.73. The number of hydrogen-bond acceptors (Lipinski definition) is 1. The Bertz CT molecular complexity index is 535. The van der Waals surface area contributed by atoms with Gasteiger partial charge in [0.1, 0.15) is 0 Å². The van der Waals surface area contributed by atoms with Gasteiger partial charge in [-0.15, -0.1) is 0 Å². The van der Waals surface area contributed by atoms with Gasteiger partial charge in [0, 0.05) is 10.0 Å². The maximum Gasteiger partial charge on any atom is 0.0412 e. The highest BCUT2D eigenvalue weighted by molar-refractivity contribution is 6.31. The van der Waals surface area contributed by atoms with E-state index in [1.54, 1.807) is 0 Å². The van der Waals surface area contributed by atoms with Crippen molar-refractivity contribution in [3.05, 3.63) is 58.1 Å². The highest BCUT2D eigenvalue weighted by Gasteiger charge is 2.11. The van der Waals surface area contributed by atoms with E-state index in [0.29, 0.717) is 12.5 Å². The molecule has 0 saturated heterocycles. The van der Waals surface area contributed by atoms with Crippen molar-refractivity contribution in [1.29, 1.82) is 0 Å². The zero-order chi connectivity index (χ0) is 13.1. The first-order valence-electron chi connectivity index (χ1n) is 5.87. The molecule has 2 aromatic rings. The van der Waals surface area contributed by atoms with Crippen molar-refractivity contribution in [2.75, 3.05) is 6.54 Å². The van der Waals surface area contributed by atoms with Gasteiger partial charge in [0.2, 0.25) is 0 Å². The monoisotopic (exact) mass is 279 g/mol. The molecule has 0 unspecified atom stereocenters. The Kier molecular flexibility index (Phi) is 4.28. The Balaban J connectivity index is 2.54. The highest BCUT2D eigenvalue weighted by Crippen LogP contribution is 2.32. The second-order valence-electron chi connectivity index (χ2n) is 4.38. The summed E-state index contributed by atoms with van der Waals surface area (Å²) in [4.78, 5) is 0. The maximum absolute atomic E-state index is 6.09. The van der Waals surface area contributed by atoms with Gasteiger partial charge >= 0.3 is 0 Å². The fourth-order valence-electron chi connectivity index (χ4n) is 1.96. The third-order valence-corrected chi connectivity index (χ3v) is 3.54. The Morgan fingerprint density at radius 3 is 2.22 bits per heavy atom. The van der Waals surface area contributed by atoms with Gasteiger partial charge < -0.3 is 5.73 Å². The first-order chi connectivity index (χ1) is 8.61. The van der Waals surface area contributed by atoms with E-state index in [1.165, 1.54) is 5.56 Å². The zero-order valence-electron chi connectivity index (χ0n) is 10.2. The Morgan fingerprint density at radius 2 is 1.61 bits per heavy atom. The van der Waals surface area contributed by atoms with E-state index in [0.717, 1.165) is 21.2 Å². The van der Waals surface area contributed by atoms with Crippen LogP contribution in [0.1, 0.15) is 18.4 Å². The molecule has 1 nitrogen and oxygen atoms in total. The average Bonchev–Trinajstić information content (AvgIpc) is 2.38. The fraction of sp³-hybridized carbons (Fsp3) is 0.200. The average molecular weight is 280 g/mol. The number of rotatable bonds is 3. The van der Waals surface area contributed by atoms with Crippen LogP contribution in [-0.4, -0.2) is 6.54 Å². The van der Waals surface area contributed by atoms with Crippen LogP contribution < -0.4 is 5.73 Å². The molecule has 3 heteroatoms. The fourth-order valence-corrected chi connectivity index (χ4v) is 2.26. The van der Waals surface area contributed by atoms with Crippen molar-refractivity contribution in [3.63, 3.8) is 0 Å². The van der Waals surface area contributed by atoms with Crippen LogP contribution in [0, 0.1) is 0 Å². The van der Waals surface area contributed by atoms with E-state index in [1.807, 2.05) is 42.5 Å². The minimum Gasteiger partial charge on any atom is -0.330 e. The van der Waals surface area contributed by atoms with Crippen LogP contribution in [0.25, 0.3) is 11.1 Å². The molecule has 0 aliphatic rings. The lowest BCUT2D eigenvalue weighted by Crippen LogP contribution is -2.09. The van der Waals surface area contributed by atoms with Gasteiger partial charge in [-0.3, -0.25) is 0 Å². The molecule has 2 rings (SSSR count). The summed E-state index contributed by atoms with van der Waals surface area (Å²) in [5.41, 5.74) is 9.20. The van der Waals surface area contributed by atoms with Crippen molar-refractivity contribution in [2.45, 2.75) is 12.8 Å². The Morgan fingerprint density at radius 1 is 1.00 bits per heavy atom. The molecular weight excluding hydrogens is 265 g/mol. The summed E-state index contributed by atoms with van der Waals surface area (Å²) in [5.74, 6) is 0.299. The lowest BCUT2D eigenvalue weighted by atomic mass is 9.92. The molecule has 0 saturated carbocycles. The van der Waals surface area contributed by atoms with E-state index in [2.05, 4.69) is 6.92 Å². The molecule has 0 spiro atoms. The quantitative estimate of drug-likeness (QED) is 0.864. The standard InChI is InChI=1S/C15H15Cl2N/c1-10(9-18)14-7-6-13(17)8-15(14)11-2-4-12(16)5-3-11/h2-8,10H,9,18H2,1H3/t10-/m0/s1. The van der Waals surface area contributed by atoms with E-state index >= 15 is 0 Å². The second-order valence-corrected chi connectivity index (χ2v) is 5.25. The largest absolute Gasteiger partial charge is 0.330 e. The van der Waals surface area contributed by atoms with Gasteiger partial charge in [0.05, 0.1) is 0 Å². The summed E-state index contributed by atoms with van der Waals surface area (Å²) in [6, 6.07) is 13.7. The van der Waals surface area contributed by atoms with Gasteiger partial charge in [-0.1, -0.05) is 48.3 Å². The molecule has 0 amide bonds. The number of benzene rings is 2. The molecule has 2 aromatic carbocycles. The molecule has 94 valence electrons. The van der Waals surface area contributed by atoms with Gasteiger partial charge in [-0.05, 0) is 53.4 Å². The summed E-state index contributed by atoms with van der Waals surface area (Å²) >= 11 is 12.0. The van der Waals surface area contributed by atoms with Crippen LogP contribution in [0.2, 0.25) is 10.0 Å². The van der Waals surface area contributed by atoms with Gasteiger partial charge in [0.25, 0.3) is 0 Å². The first kappa shape index (κ1) is 13.4. The van der Waals surface area contributed by atoms with E-state index < -0.39 is 0 Å². The van der Waals surface area contributed by atoms with Crippen LogP contribution in [0.5, 0.6) is 0 Å². The number of hydrogen-bond donors (Lipinski definition) is 1. The molecule has 2 N–H and O–H groups in total. The van der Waals surface area contributed by atoms with Crippen molar-refractivity contribution in [2.24, 2.45) is 5.73 Å². The summed E-state index contributed by atoms with van der Waals surface area (Å²) in [7, 11) is 0. The molecule has 0 aliphatic heterocycles. The highest BCUT2D eigenvalue weighted by atomic mass is 35.5. The van der Waals surface area contributed by atoms with Crippen LogP contribution in [0.3, 0.4) is 0 Å². The summed E-state index contributed by atoms with van der Waals surface area (Å²) in [6.07, 6.45) is 0. The lowest BCUT2D eigenvalue weighted by molar-refractivity contribution is 0.776. The van der Waals surface area contributed by atoms with Crippen LogP contribution in [-0.2, 0) is 0 Å². The van der Waals surface area contributed by atoms with Gasteiger partial charge in [-0.25, -0.2) is 0 Å². The molecule has 0 fully saturated rings. The smallest absolute Gasteiger partial charge is 0.0412 e. The van der Waals surface area contributed by atoms with E-state index in [4.69, 9.17) is 28.9 Å². The third-order valence-electron chi connectivity index (χ3n) is 3.06. The predicted octanol–water partition coefficient (Wildman–Crippen LogP) is 4.72. The SMILES string of the molecule is C[C@@H](CN)c1ccc(Cl)cc1-c1ccc(Cl)cc1. The topological polar surface area (TPSA) is 26.0 Å². The van der Waals surface area contributed by atoms with Crippen LogP contribution in [0.4, 0.5) is 0 Å². The van der Waals surface area contributed by atoms with Crippen molar-refractivity contribution >= 4 is 23.2 Å². The normalized spacial score (nSPS) is 12.4. The zero-order valence-corrected chi connectivity index (χ0v) is 11.7. The molecule has 0 radical (unpaired) electrons. The number of halogens is 2. The number of nitrogens with two attached hydrogens (primary N) is 1. The molecular formula is C15H15Cl2N. The van der Waals surface area contributed by atoms with Crippen LogP contribution >= 0.6 is 23.2 Å². The minimum absolute atomic E-state index is 0.299. The summed E-state index contributed by atoms with van der Waals surface area (Å²) in [5, 5.41) is 1.46. The Hall–Kier alpha value is -1.02. The third kappa shape index (κ3) is 2.86. The molecule has 18 heavy (non-hydrogen) atoms. The minimum atomic E-state index is 0.299. The summed E-state index contributed by atoms with van der Waals surface area (Å²) < 4.78 is 0.